The molecule has 1 aliphatic rings. The van der Waals surface area contributed by atoms with Gasteiger partial charge >= 0.3 is 0 Å². The Morgan fingerprint density at radius 1 is 1.15 bits per heavy atom. The lowest BCUT2D eigenvalue weighted by atomic mass is 9.97. The van der Waals surface area contributed by atoms with Crippen molar-refractivity contribution < 1.29 is 14.3 Å². The van der Waals surface area contributed by atoms with Crippen molar-refractivity contribution in [2.24, 2.45) is 0 Å². The number of hydrogen-bond acceptors (Lipinski definition) is 3. The Bertz CT molecular complexity index is 772. The molecule has 2 aromatic carbocycles. The third-order valence-electron chi connectivity index (χ3n) is 4.78. The largest absolute Gasteiger partial charge is 0.493 e. The molecule has 1 heterocycles. The number of para-hydroxylation sites is 1. The Balaban J connectivity index is 1.67. The zero-order chi connectivity index (χ0) is 19.2. The monoisotopic (exact) mass is 366 g/mol. The maximum atomic E-state index is 12.8. The number of nitrogens with zero attached hydrogens (tertiary/aromatic N) is 1. The molecule has 142 valence electrons. The molecule has 2 amide bonds. The minimum absolute atomic E-state index is 0.0706. The fourth-order valence-corrected chi connectivity index (χ4v) is 3.25. The molecule has 5 nitrogen and oxygen atoms in total. The van der Waals surface area contributed by atoms with E-state index in [1.54, 1.807) is 4.90 Å². The summed E-state index contributed by atoms with van der Waals surface area (Å²) in [5, 5.41) is 2.87. The van der Waals surface area contributed by atoms with Crippen LogP contribution in [0, 0.1) is 0 Å². The molecule has 1 saturated heterocycles. The van der Waals surface area contributed by atoms with Crippen molar-refractivity contribution in [3.05, 3.63) is 65.7 Å². The van der Waals surface area contributed by atoms with E-state index in [1.807, 2.05) is 54.6 Å². The van der Waals surface area contributed by atoms with Crippen LogP contribution in [0.3, 0.4) is 0 Å². The molecule has 1 fully saturated rings. The SMILES string of the molecule is CC(C)c1ccc(C2C(=O)NCCN2C(=O)CCOc2ccccc2)cc1. The molecular formula is C22H26N2O3. The second-order valence-electron chi connectivity index (χ2n) is 7.01. The Morgan fingerprint density at radius 2 is 1.85 bits per heavy atom. The summed E-state index contributed by atoms with van der Waals surface area (Å²) in [4.78, 5) is 26.9. The Labute approximate surface area is 160 Å². The molecule has 0 spiro atoms. The average molecular weight is 366 g/mol. The normalized spacial score (nSPS) is 16.9. The van der Waals surface area contributed by atoms with E-state index in [2.05, 4.69) is 19.2 Å². The summed E-state index contributed by atoms with van der Waals surface area (Å²) < 4.78 is 5.63. The maximum absolute atomic E-state index is 12.8. The third-order valence-corrected chi connectivity index (χ3v) is 4.78. The van der Waals surface area contributed by atoms with E-state index in [9.17, 15) is 9.59 Å². The fourth-order valence-electron chi connectivity index (χ4n) is 3.25. The van der Waals surface area contributed by atoms with E-state index < -0.39 is 6.04 Å². The van der Waals surface area contributed by atoms with Crippen LogP contribution >= 0.6 is 0 Å². The minimum Gasteiger partial charge on any atom is -0.493 e. The molecule has 0 aliphatic carbocycles. The number of carbonyl (C=O) groups is 2. The van der Waals surface area contributed by atoms with Crippen LogP contribution in [0.5, 0.6) is 5.75 Å². The van der Waals surface area contributed by atoms with Crippen LogP contribution in [0.25, 0.3) is 0 Å². The van der Waals surface area contributed by atoms with Crippen LogP contribution in [0.4, 0.5) is 0 Å². The molecule has 1 aliphatic heterocycles. The van der Waals surface area contributed by atoms with E-state index in [0.717, 1.165) is 11.3 Å². The maximum Gasteiger partial charge on any atom is 0.247 e. The Kier molecular flexibility index (Phi) is 6.12. The van der Waals surface area contributed by atoms with Crippen LogP contribution in [-0.4, -0.2) is 36.4 Å². The highest BCUT2D eigenvalue weighted by molar-refractivity contribution is 5.89. The molecule has 0 bridgehead atoms. The van der Waals surface area contributed by atoms with Crippen molar-refractivity contribution in [3.8, 4) is 5.75 Å². The van der Waals surface area contributed by atoms with Gasteiger partial charge < -0.3 is 15.0 Å². The molecule has 2 aromatic rings. The fraction of sp³-hybridized carbons (Fsp3) is 0.364. The van der Waals surface area contributed by atoms with E-state index in [1.165, 1.54) is 5.56 Å². The number of hydrogen-bond donors (Lipinski definition) is 1. The van der Waals surface area contributed by atoms with E-state index in [4.69, 9.17) is 4.74 Å². The first-order valence-corrected chi connectivity index (χ1v) is 9.41. The molecule has 1 unspecified atom stereocenters. The van der Waals surface area contributed by atoms with Gasteiger partial charge in [0, 0.05) is 13.1 Å². The first kappa shape index (κ1) is 19.0. The van der Waals surface area contributed by atoms with Crippen molar-refractivity contribution in [2.45, 2.75) is 32.2 Å². The van der Waals surface area contributed by atoms with Gasteiger partial charge in [-0.25, -0.2) is 0 Å². The highest BCUT2D eigenvalue weighted by atomic mass is 16.5. The standard InChI is InChI=1S/C22H26N2O3/c1-16(2)17-8-10-18(11-9-17)21-22(26)23-13-14-24(21)20(25)12-15-27-19-6-4-3-5-7-19/h3-11,16,21H,12-15H2,1-2H3,(H,23,26). The van der Waals surface area contributed by atoms with Crippen molar-refractivity contribution >= 4 is 11.8 Å². The quantitative estimate of drug-likeness (QED) is 0.854. The first-order chi connectivity index (χ1) is 13.1. The molecule has 27 heavy (non-hydrogen) atoms. The smallest absolute Gasteiger partial charge is 0.247 e. The van der Waals surface area contributed by atoms with Crippen LogP contribution in [0.15, 0.2) is 54.6 Å². The van der Waals surface area contributed by atoms with Gasteiger partial charge in [0.25, 0.3) is 0 Å². The predicted octanol–water partition coefficient (Wildman–Crippen LogP) is 3.28. The van der Waals surface area contributed by atoms with Gasteiger partial charge in [-0.3, -0.25) is 9.59 Å². The van der Waals surface area contributed by atoms with E-state index >= 15 is 0 Å². The van der Waals surface area contributed by atoms with Crippen molar-refractivity contribution in [1.29, 1.82) is 0 Å². The Morgan fingerprint density at radius 3 is 2.52 bits per heavy atom. The highest BCUT2D eigenvalue weighted by Gasteiger charge is 2.34. The lowest BCUT2D eigenvalue weighted by molar-refractivity contribution is -0.143. The third kappa shape index (κ3) is 4.67. The summed E-state index contributed by atoms with van der Waals surface area (Å²) in [6, 6.07) is 16.8. The van der Waals surface area contributed by atoms with Crippen molar-refractivity contribution in [3.63, 3.8) is 0 Å². The molecule has 5 heteroatoms. The predicted molar refractivity (Wildman–Crippen MR) is 105 cm³/mol. The van der Waals surface area contributed by atoms with Gasteiger partial charge in [-0.2, -0.15) is 0 Å². The first-order valence-electron chi connectivity index (χ1n) is 9.41. The van der Waals surface area contributed by atoms with Crippen LogP contribution in [0.2, 0.25) is 0 Å². The van der Waals surface area contributed by atoms with Gasteiger partial charge in [0.15, 0.2) is 0 Å². The van der Waals surface area contributed by atoms with Crippen LogP contribution < -0.4 is 10.1 Å². The number of rotatable bonds is 6. The number of carbonyl (C=O) groups excluding carboxylic acids is 2. The van der Waals surface area contributed by atoms with Crippen LogP contribution in [0.1, 0.15) is 43.4 Å². The molecule has 0 saturated carbocycles. The van der Waals surface area contributed by atoms with Gasteiger partial charge in [-0.1, -0.05) is 56.3 Å². The number of amides is 2. The second kappa shape index (κ2) is 8.71. The molecule has 1 atom stereocenters. The number of piperazine rings is 1. The molecule has 1 N–H and O–H groups in total. The summed E-state index contributed by atoms with van der Waals surface area (Å²) in [5.74, 6) is 0.962. The number of ether oxygens (including phenoxy) is 1. The lowest BCUT2D eigenvalue weighted by Gasteiger charge is -2.35. The minimum atomic E-state index is -0.579. The molecule has 3 rings (SSSR count). The number of nitrogens with one attached hydrogen (secondary N) is 1. The van der Waals surface area contributed by atoms with Crippen LogP contribution in [-0.2, 0) is 9.59 Å². The van der Waals surface area contributed by atoms with Gasteiger partial charge in [-0.05, 0) is 29.2 Å². The zero-order valence-corrected chi connectivity index (χ0v) is 15.9. The van der Waals surface area contributed by atoms with Gasteiger partial charge in [0.2, 0.25) is 11.8 Å². The summed E-state index contributed by atoms with van der Waals surface area (Å²) in [7, 11) is 0. The van der Waals surface area contributed by atoms with Gasteiger partial charge in [0.1, 0.15) is 11.8 Å². The summed E-state index contributed by atoms with van der Waals surface area (Å²) in [6.45, 7) is 5.53. The Hall–Kier alpha value is -2.82. The summed E-state index contributed by atoms with van der Waals surface area (Å²) in [5.41, 5.74) is 2.05. The lowest BCUT2D eigenvalue weighted by Crippen LogP contribution is -2.52. The second-order valence-corrected chi connectivity index (χ2v) is 7.01. The topological polar surface area (TPSA) is 58.6 Å². The molecule has 0 radical (unpaired) electrons. The molecular weight excluding hydrogens is 340 g/mol. The highest BCUT2D eigenvalue weighted by Crippen LogP contribution is 2.26. The summed E-state index contributed by atoms with van der Waals surface area (Å²) in [6.07, 6.45) is 0.239. The van der Waals surface area contributed by atoms with Gasteiger partial charge in [-0.15, -0.1) is 0 Å². The van der Waals surface area contributed by atoms with E-state index in [-0.39, 0.29) is 18.2 Å². The van der Waals surface area contributed by atoms with Gasteiger partial charge in [0.05, 0.1) is 13.0 Å². The average Bonchev–Trinajstić information content (AvgIpc) is 2.68. The zero-order valence-electron chi connectivity index (χ0n) is 15.9. The van der Waals surface area contributed by atoms with E-state index in [0.29, 0.717) is 25.6 Å². The van der Waals surface area contributed by atoms with Crippen molar-refractivity contribution in [2.75, 3.05) is 19.7 Å². The summed E-state index contributed by atoms with van der Waals surface area (Å²) >= 11 is 0. The number of benzene rings is 2. The van der Waals surface area contributed by atoms with Crippen molar-refractivity contribution in [1.82, 2.24) is 10.2 Å². The molecule has 0 aromatic heterocycles.